The lowest BCUT2D eigenvalue weighted by Crippen LogP contribution is -2.39. The molecule has 5 aromatic rings. The Bertz CT molecular complexity index is 1950. The van der Waals surface area contributed by atoms with Crippen LogP contribution < -0.4 is 19.6 Å². The summed E-state index contributed by atoms with van der Waals surface area (Å²) in [5, 5.41) is 4.87. The third-order valence-electron chi connectivity index (χ3n) is 6.96. The van der Waals surface area contributed by atoms with Gasteiger partial charge in [-0.2, -0.15) is 5.10 Å². The third kappa shape index (κ3) is 4.81. The highest BCUT2D eigenvalue weighted by molar-refractivity contribution is 7.07. The van der Waals surface area contributed by atoms with Crippen LogP contribution >= 0.6 is 11.3 Å². The van der Waals surface area contributed by atoms with Crippen molar-refractivity contribution in [1.82, 2.24) is 14.3 Å². The van der Waals surface area contributed by atoms with Gasteiger partial charge in [0.1, 0.15) is 5.75 Å². The van der Waals surface area contributed by atoms with Gasteiger partial charge in [0, 0.05) is 17.3 Å². The van der Waals surface area contributed by atoms with Gasteiger partial charge in [-0.3, -0.25) is 9.36 Å². The Morgan fingerprint density at radius 3 is 2.29 bits per heavy atom. The lowest BCUT2D eigenvalue weighted by molar-refractivity contribution is -0.136. The zero-order valence-corrected chi connectivity index (χ0v) is 23.5. The maximum absolute atomic E-state index is 14.1. The summed E-state index contributed by atoms with van der Waals surface area (Å²) >= 11 is 1.28. The minimum Gasteiger partial charge on any atom is -0.497 e. The van der Waals surface area contributed by atoms with Crippen LogP contribution in [0.25, 0.3) is 23.0 Å². The zero-order chi connectivity index (χ0) is 28.5. The van der Waals surface area contributed by atoms with E-state index in [4.69, 9.17) is 14.6 Å². The Morgan fingerprint density at radius 1 is 0.951 bits per heavy atom. The van der Waals surface area contributed by atoms with Gasteiger partial charge in [0.15, 0.2) is 4.80 Å². The minimum atomic E-state index is -0.701. The first kappa shape index (κ1) is 26.2. The summed E-state index contributed by atoms with van der Waals surface area (Å²) < 4.78 is 14.3. The molecule has 1 atom stereocenters. The summed E-state index contributed by atoms with van der Waals surface area (Å²) in [7, 11) is 2.92. The van der Waals surface area contributed by atoms with Crippen molar-refractivity contribution in [3.63, 3.8) is 0 Å². The van der Waals surface area contributed by atoms with Crippen LogP contribution in [0.2, 0.25) is 0 Å². The van der Waals surface area contributed by atoms with Crippen LogP contribution in [-0.2, 0) is 9.53 Å². The Kier molecular flexibility index (Phi) is 6.94. The van der Waals surface area contributed by atoms with Crippen molar-refractivity contribution >= 4 is 23.4 Å². The molecule has 0 spiro atoms. The molecule has 2 aromatic heterocycles. The van der Waals surface area contributed by atoms with Crippen LogP contribution in [0.4, 0.5) is 0 Å². The highest BCUT2D eigenvalue weighted by Crippen LogP contribution is 2.31. The largest absolute Gasteiger partial charge is 0.497 e. The molecular weight excluding hydrogens is 536 g/mol. The molecule has 3 aromatic carbocycles. The fourth-order valence-electron chi connectivity index (χ4n) is 4.96. The molecule has 8 nitrogen and oxygen atoms in total. The van der Waals surface area contributed by atoms with Crippen LogP contribution in [0.5, 0.6) is 5.75 Å². The smallest absolute Gasteiger partial charge is 0.338 e. The second kappa shape index (κ2) is 10.9. The SMILES string of the molecule is COC(=O)C1=C(C)N=c2sc(=Cc3cn(-c4ccccc4)nc3-c3ccccc3)c(=O)n2C1c1ccc(OC)cc1. The number of benzene rings is 3. The first-order valence-electron chi connectivity index (χ1n) is 12.9. The molecule has 1 aliphatic rings. The molecular formula is C32H26N4O4S. The van der Waals surface area contributed by atoms with Gasteiger partial charge in [0.25, 0.3) is 5.56 Å². The number of nitrogens with zero attached hydrogens (tertiary/aromatic N) is 4. The van der Waals surface area contributed by atoms with Crippen molar-refractivity contribution in [2.24, 2.45) is 4.99 Å². The summed E-state index contributed by atoms with van der Waals surface area (Å²) in [6.45, 7) is 1.76. The number of para-hydroxylation sites is 1. The standard InChI is InChI=1S/C32H26N4O4S/c1-20-27(31(38)40-3)29(22-14-16-25(39-2)17-15-22)36-30(37)26(41-32(36)33-20)18-23-19-35(24-12-8-5-9-13-24)34-28(23)21-10-6-4-7-11-21/h4-19,29H,1-3H3. The van der Waals surface area contributed by atoms with Gasteiger partial charge in [-0.25, -0.2) is 14.5 Å². The number of carbonyl (C=O) groups is 1. The number of hydrogen-bond donors (Lipinski definition) is 0. The number of esters is 1. The van der Waals surface area contributed by atoms with Crippen molar-refractivity contribution in [2.45, 2.75) is 13.0 Å². The Labute approximate surface area is 239 Å². The van der Waals surface area contributed by atoms with Crippen LogP contribution in [0.15, 0.2) is 112 Å². The monoisotopic (exact) mass is 562 g/mol. The topological polar surface area (TPSA) is 87.7 Å². The molecule has 3 heterocycles. The van der Waals surface area contributed by atoms with Gasteiger partial charge in [0.2, 0.25) is 0 Å². The Morgan fingerprint density at radius 2 is 1.63 bits per heavy atom. The highest BCUT2D eigenvalue weighted by atomic mass is 32.1. The molecule has 9 heteroatoms. The molecule has 41 heavy (non-hydrogen) atoms. The molecule has 1 aliphatic heterocycles. The zero-order valence-electron chi connectivity index (χ0n) is 22.6. The number of carbonyl (C=O) groups excluding carboxylic acids is 1. The molecule has 6 rings (SSSR count). The number of thiazole rings is 1. The van der Waals surface area contributed by atoms with E-state index in [0.29, 0.717) is 26.4 Å². The average molecular weight is 563 g/mol. The van der Waals surface area contributed by atoms with E-state index in [0.717, 1.165) is 28.1 Å². The minimum absolute atomic E-state index is 0.255. The molecule has 0 fully saturated rings. The predicted octanol–water partition coefficient (Wildman–Crippen LogP) is 4.27. The molecule has 0 amide bonds. The van der Waals surface area contributed by atoms with Crippen molar-refractivity contribution in [1.29, 1.82) is 0 Å². The Hall–Kier alpha value is -5.02. The first-order valence-corrected chi connectivity index (χ1v) is 13.8. The summed E-state index contributed by atoms with van der Waals surface area (Å²) in [6, 6.07) is 26.3. The molecule has 0 aliphatic carbocycles. The van der Waals surface area contributed by atoms with E-state index in [2.05, 4.69) is 4.99 Å². The summed E-state index contributed by atoms with van der Waals surface area (Å²) in [5.41, 5.74) is 4.69. The van der Waals surface area contributed by atoms with Crippen LogP contribution in [0.3, 0.4) is 0 Å². The normalized spacial score (nSPS) is 14.9. The molecule has 0 saturated heterocycles. The second-order valence-electron chi connectivity index (χ2n) is 9.43. The van der Waals surface area contributed by atoms with E-state index in [-0.39, 0.29) is 5.56 Å². The van der Waals surface area contributed by atoms with E-state index >= 15 is 0 Å². The third-order valence-corrected chi connectivity index (χ3v) is 7.94. The maximum Gasteiger partial charge on any atom is 0.338 e. The highest BCUT2D eigenvalue weighted by Gasteiger charge is 2.33. The van der Waals surface area contributed by atoms with E-state index in [1.165, 1.54) is 18.4 Å². The number of hydrogen-bond acceptors (Lipinski definition) is 7. The van der Waals surface area contributed by atoms with Gasteiger partial charge in [0.05, 0.1) is 47.4 Å². The van der Waals surface area contributed by atoms with E-state index in [1.807, 2.05) is 89.8 Å². The fourth-order valence-corrected chi connectivity index (χ4v) is 6.00. The fraction of sp³-hybridized carbons (Fsp3) is 0.125. The number of aromatic nitrogens is 3. The first-order chi connectivity index (χ1) is 20.0. The lowest BCUT2D eigenvalue weighted by Gasteiger charge is -2.24. The van der Waals surface area contributed by atoms with Crippen LogP contribution in [0, 0.1) is 0 Å². The van der Waals surface area contributed by atoms with Crippen molar-refractivity contribution < 1.29 is 14.3 Å². The van der Waals surface area contributed by atoms with Gasteiger partial charge in [-0.15, -0.1) is 0 Å². The maximum atomic E-state index is 14.1. The number of rotatable bonds is 6. The Balaban J connectivity index is 1.56. The van der Waals surface area contributed by atoms with Crippen molar-refractivity contribution in [3.8, 4) is 22.7 Å². The van der Waals surface area contributed by atoms with E-state index < -0.39 is 12.0 Å². The van der Waals surface area contributed by atoms with Gasteiger partial charge < -0.3 is 9.47 Å². The molecule has 0 bridgehead atoms. The molecule has 0 N–H and O–H groups in total. The second-order valence-corrected chi connectivity index (χ2v) is 10.4. The average Bonchev–Trinajstić information content (AvgIpc) is 3.57. The van der Waals surface area contributed by atoms with E-state index in [1.54, 1.807) is 30.7 Å². The van der Waals surface area contributed by atoms with Crippen molar-refractivity contribution in [2.75, 3.05) is 14.2 Å². The number of methoxy groups -OCH3 is 2. The molecule has 1 unspecified atom stereocenters. The molecule has 0 radical (unpaired) electrons. The quantitative estimate of drug-likeness (QED) is 0.289. The van der Waals surface area contributed by atoms with Crippen LogP contribution in [0.1, 0.15) is 24.1 Å². The molecule has 204 valence electrons. The number of fused-ring (bicyclic) bond motifs is 1. The lowest BCUT2D eigenvalue weighted by atomic mass is 9.96. The van der Waals surface area contributed by atoms with Gasteiger partial charge >= 0.3 is 5.97 Å². The summed E-state index contributed by atoms with van der Waals surface area (Å²) in [6.07, 6.45) is 3.77. The van der Waals surface area contributed by atoms with Crippen LogP contribution in [-0.4, -0.2) is 34.5 Å². The predicted molar refractivity (Wildman–Crippen MR) is 158 cm³/mol. The van der Waals surface area contributed by atoms with Crippen molar-refractivity contribution in [3.05, 3.63) is 133 Å². The number of ether oxygens (including phenoxy) is 2. The van der Waals surface area contributed by atoms with Gasteiger partial charge in [-0.05, 0) is 42.8 Å². The summed E-state index contributed by atoms with van der Waals surface area (Å²) in [4.78, 5) is 32.2. The van der Waals surface area contributed by atoms with Gasteiger partial charge in [-0.1, -0.05) is 72.0 Å². The summed E-state index contributed by atoms with van der Waals surface area (Å²) in [5.74, 6) is 0.141. The number of allylic oxidation sites excluding steroid dienone is 1. The van der Waals surface area contributed by atoms with E-state index in [9.17, 15) is 9.59 Å². The molecule has 0 saturated carbocycles.